The van der Waals surface area contributed by atoms with Crippen molar-refractivity contribution in [3.05, 3.63) is 35.4 Å². The Morgan fingerprint density at radius 2 is 1.65 bits per heavy atom. The highest BCUT2D eigenvalue weighted by molar-refractivity contribution is 5.93. The molecule has 0 aromatic heterocycles. The van der Waals surface area contributed by atoms with E-state index >= 15 is 0 Å². The smallest absolute Gasteiger partial charge is 0.159 e. The molecule has 0 unspecified atom stereocenters. The number of hydrogen-bond donors (Lipinski definition) is 0. The third kappa shape index (κ3) is 5.67. The summed E-state index contributed by atoms with van der Waals surface area (Å²) in [5.74, 6) is 0.143. The summed E-state index contributed by atoms with van der Waals surface area (Å²) in [6, 6.07) is 8.02. The molecule has 0 aliphatic rings. The van der Waals surface area contributed by atoms with E-state index < -0.39 is 0 Å². The summed E-state index contributed by atoms with van der Waals surface area (Å²) in [5, 5.41) is 0. The SMILES string of the molecule is CC(=O)c1ccc(CCCCC(C)(C)C)cc1. The first-order valence-electron chi connectivity index (χ1n) is 6.48. The number of benzene rings is 1. The van der Waals surface area contributed by atoms with E-state index in [0.29, 0.717) is 5.41 Å². The molecule has 0 aliphatic heterocycles. The highest BCUT2D eigenvalue weighted by atomic mass is 16.1. The second-order valence-corrected chi connectivity index (χ2v) is 6.02. The van der Waals surface area contributed by atoms with Crippen molar-refractivity contribution in [1.82, 2.24) is 0 Å². The van der Waals surface area contributed by atoms with E-state index in [1.54, 1.807) is 6.92 Å². The highest BCUT2D eigenvalue weighted by Gasteiger charge is 2.08. The molecule has 1 rings (SSSR count). The van der Waals surface area contributed by atoms with Gasteiger partial charge < -0.3 is 0 Å². The van der Waals surface area contributed by atoms with Crippen LogP contribution in [0.25, 0.3) is 0 Å². The van der Waals surface area contributed by atoms with Crippen molar-refractivity contribution < 1.29 is 4.79 Å². The van der Waals surface area contributed by atoms with Crippen LogP contribution in [0.2, 0.25) is 0 Å². The summed E-state index contributed by atoms with van der Waals surface area (Å²) in [4.78, 5) is 11.1. The molecule has 94 valence electrons. The van der Waals surface area contributed by atoms with Gasteiger partial charge in [0.15, 0.2) is 5.78 Å². The Morgan fingerprint density at radius 1 is 1.06 bits per heavy atom. The minimum absolute atomic E-state index is 0.143. The molecule has 0 saturated carbocycles. The Balaban J connectivity index is 2.35. The van der Waals surface area contributed by atoms with Crippen LogP contribution in [0.15, 0.2) is 24.3 Å². The summed E-state index contributed by atoms with van der Waals surface area (Å²) >= 11 is 0. The van der Waals surface area contributed by atoms with Crippen molar-refractivity contribution in [3.63, 3.8) is 0 Å². The molecule has 0 fully saturated rings. The number of rotatable bonds is 5. The average molecular weight is 232 g/mol. The zero-order valence-electron chi connectivity index (χ0n) is 11.5. The maximum atomic E-state index is 11.1. The molecule has 17 heavy (non-hydrogen) atoms. The molecule has 1 aromatic carbocycles. The quantitative estimate of drug-likeness (QED) is 0.533. The van der Waals surface area contributed by atoms with Crippen LogP contribution >= 0.6 is 0 Å². The lowest BCUT2D eigenvalue weighted by atomic mass is 9.89. The molecule has 0 spiro atoms. The number of ketones is 1. The summed E-state index contributed by atoms with van der Waals surface area (Å²) in [7, 11) is 0. The Hall–Kier alpha value is -1.11. The molecule has 0 bridgehead atoms. The summed E-state index contributed by atoms with van der Waals surface area (Å²) < 4.78 is 0. The van der Waals surface area contributed by atoms with Gasteiger partial charge >= 0.3 is 0 Å². The average Bonchev–Trinajstić information content (AvgIpc) is 2.24. The molecule has 0 saturated heterocycles. The van der Waals surface area contributed by atoms with Gasteiger partial charge in [-0.25, -0.2) is 0 Å². The van der Waals surface area contributed by atoms with Crippen molar-refractivity contribution >= 4 is 5.78 Å². The van der Waals surface area contributed by atoms with Crippen molar-refractivity contribution in [2.75, 3.05) is 0 Å². The number of aryl methyl sites for hydroxylation is 1. The number of carbonyl (C=O) groups is 1. The summed E-state index contributed by atoms with van der Waals surface area (Å²) in [6.07, 6.45) is 4.90. The lowest BCUT2D eigenvalue weighted by Gasteiger charge is -2.17. The predicted octanol–water partition coefficient (Wildman–Crippen LogP) is 4.65. The van der Waals surface area contributed by atoms with Gasteiger partial charge in [-0.1, -0.05) is 51.5 Å². The van der Waals surface area contributed by atoms with Crippen LogP contribution in [0, 0.1) is 5.41 Å². The fourth-order valence-corrected chi connectivity index (χ4v) is 1.89. The first kappa shape index (κ1) is 14.0. The van der Waals surface area contributed by atoms with Gasteiger partial charge in [-0.2, -0.15) is 0 Å². The Kier molecular flexibility index (Phi) is 4.92. The molecule has 0 aliphatic carbocycles. The van der Waals surface area contributed by atoms with Gasteiger partial charge in [-0.3, -0.25) is 4.79 Å². The Bertz CT molecular complexity index is 354. The van der Waals surface area contributed by atoms with E-state index in [2.05, 4.69) is 32.9 Å². The van der Waals surface area contributed by atoms with Gasteiger partial charge in [0, 0.05) is 5.56 Å². The molecular formula is C16H24O. The molecule has 0 atom stereocenters. The molecular weight excluding hydrogens is 208 g/mol. The Morgan fingerprint density at radius 3 is 2.12 bits per heavy atom. The van der Waals surface area contributed by atoms with Crippen LogP contribution in [-0.2, 0) is 6.42 Å². The third-order valence-electron chi connectivity index (χ3n) is 3.00. The van der Waals surface area contributed by atoms with Gasteiger partial charge in [-0.05, 0) is 37.2 Å². The van der Waals surface area contributed by atoms with Crippen LogP contribution < -0.4 is 0 Å². The fraction of sp³-hybridized carbons (Fsp3) is 0.562. The van der Waals surface area contributed by atoms with E-state index in [0.717, 1.165) is 12.0 Å². The fourth-order valence-electron chi connectivity index (χ4n) is 1.89. The topological polar surface area (TPSA) is 17.1 Å². The van der Waals surface area contributed by atoms with Gasteiger partial charge in [0.1, 0.15) is 0 Å². The van der Waals surface area contributed by atoms with Gasteiger partial charge in [0.2, 0.25) is 0 Å². The lowest BCUT2D eigenvalue weighted by molar-refractivity contribution is 0.101. The first-order chi connectivity index (χ1) is 7.88. The molecule has 0 amide bonds. The predicted molar refractivity (Wildman–Crippen MR) is 73.5 cm³/mol. The van der Waals surface area contributed by atoms with Crippen molar-refractivity contribution in [3.8, 4) is 0 Å². The molecule has 1 nitrogen and oxygen atoms in total. The second kappa shape index (κ2) is 6.00. The van der Waals surface area contributed by atoms with Crippen LogP contribution in [0.5, 0.6) is 0 Å². The van der Waals surface area contributed by atoms with Gasteiger partial charge in [-0.15, -0.1) is 0 Å². The zero-order valence-corrected chi connectivity index (χ0v) is 11.5. The molecule has 0 N–H and O–H groups in total. The van der Waals surface area contributed by atoms with E-state index in [1.807, 2.05) is 12.1 Å². The van der Waals surface area contributed by atoms with Crippen molar-refractivity contribution in [1.29, 1.82) is 0 Å². The maximum Gasteiger partial charge on any atom is 0.159 e. The van der Waals surface area contributed by atoms with Crippen molar-refractivity contribution in [2.24, 2.45) is 5.41 Å². The molecule has 1 heteroatoms. The van der Waals surface area contributed by atoms with E-state index in [4.69, 9.17) is 0 Å². The monoisotopic (exact) mass is 232 g/mol. The van der Waals surface area contributed by atoms with Gasteiger partial charge in [0.05, 0.1) is 0 Å². The highest BCUT2D eigenvalue weighted by Crippen LogP contribution is 2.22. The molecule has 0 heterocycles. The number of hydrogen-bond acceptors (Lipinski definition) is 1. The first-order valence-corrected chi connectivity index (χ1v) is 6.48. The number of Topliss-reactive ketones (excluding diaryl/α,β-unsaturated/α-hetero) is 1. The molecule has 1 aromatic rings. The number of carbonyl (C=O) groups excluding carboxylic acids is 1. The zero-order chi connectivity index (χ0) is 12.9. The third-order valence-corrected chi connectivity index (χ3v) is 3.00. The van der Waals surface area contributed by atoms with Crippen LogP contribution in [0.1, 0.15) is 62.9 Å². The van der Waals surface area contributed by atoms with Crippen LogP contribution in [-0.4, -0.2) is 5.78 Å². The second-order valence-electron chi connectivity index (χ2n) is 6.02. The summed E-state index contributed by atoms with van der Waals surface area (Å²) in [5.41, 5.74) is 2.59. The Labute approximate surface area is 105 Å². The largest absolute Gasteiger partial charge is 0.295 e. The van der Waals surface area contributed by atoms with E-state index in [-0.39, 0.29) is 5.78 Å². The van der Waals surface area contributed by atoms with Crippen LogP contribution in [0.4, 0.5) is 0 Å². The van der Waals surface area contributed by atoms with Crippen LogP contribution in [0.3, 0.4) is 0 Å². The maximum absolute atomic E-state index is 11.1. The van der Waals surface area contributed by atoms with E-state index in [9.17, 15) is 4.79 Å². The minimum Gasteiger partial charge on any atom is -0.295 e. The molecule has 0 radical (unpaired) electrons. The lowest BCUT2D eigenvalue weighted by Crippen LogP contribution is -2.04. The van der Waals surface area contributed by atoms with Crippen molar-refractivity contribution in [2.45, 2.75) is 53.4 Å². The standard InChI is InChI=1S/C16H24O/c1-13(17)15-10-8-14(9-11-15)7-5-6-12-16(2,3)4/h8-11H,5-7,12H2,1-4H3. The van der Waals surface area contributed by atoms with Gasteiger partial charge in [0.25, 0.3) is 0 Å². The number of unbranched alkanes of at least 4 members (excludes halogenated alkanes) is 1. The summed E-state index contributed by atoms with van der Waals surface area (Å²) in [6.45, 7) is 8.47. The van der Waals surface area contributed by atoms with E-state index in [1.165, 1.54) is 24.8 Å². The normalized spacial score (nSPS) is 11.5. The minimum atomic E-state index is 0.143.